The molecule has 2 rings (SSSR count). The van der Waals surface area contributed by atoms with Gasteiger partial charge in [0, 0.05) is 16.7 Å². The molecule has 1 aliphatic rings. The molecule has 1 aliphatic heterocycles. The first-order valence-corrected chi connectivity index (χ1v) is 6.19. The SMILES string of the molecule is CC1(C)OB(c2c(N)cccc2C(N)=O)OC1(C)C. The molecule has 0 saturated carbocycles. The van der Waals surface area contributed by atoms with Crippen molar-refractivity contribution in [1.82, 2.24) is 0 Å². The van der Waals surface area contributed by atoms with E-state index in [9.17, 15) is 4.79 Å². The van der Waals surface area contributed by atoms with E-state index >= 15 is 0 Å². The van der Waals surface area contributed by atoms with Gasteiger partial charge in [0.05, 0.1) is 11.2 Å². The topological polar surface area (TPSA) is 87.6 Å². The van der Waals surface area contributed by atoms with Gasteiger partial charge in [0.1, 0.15) is 0 Å². The average molecular weight is 262 g/mol. The first-order chi connectivity index (χ1) is 8.66. The van der Waals surface area contributed by atoms with E-state index in [1.165, 1.54) is 0 Å². The van der Waals surface area contributed by atoms with Gasteiger partial charge in [-0.25, -0.2) is 0 Å². The highest BCUT2D eigenvalue weighted by Crippen LogP contribution is 2.37. The lowest BCUT2D eigenvalue weighted by molar-refractivity contribution is 0.00578. The molecule has 102 valence electrons. The predicted molar refractivity (Wildman–Crippen MR) is 75.1 cm³/mol. The maximum Gasteiger partial charge on any atom is 0.497 e. The van der Waals surface area contributed by atoms with Crippen LogP contribution in [0.5, 0.6) is 0 Å². The van der Waals surface area contributed by atoms with Crippen LogP contribution < -0.4 is 16.9 Å². The van der Waals surface area contributed by atoms with Crippen LogP contribution >= 0.6 is 0 Å². The highest BCUT2D eigenvalue weighted by atomic mass is 16.7. The minimum atomic E-state index is -0.686. The molecule has 1 saturated heterocycles. The van der Waals surface area contributed by atoms with Gasteiger partial charge in [-0.1, -0.05) is 6.07 Å². The maximum absolute atomic E-state index is 11.5. The first-order valence-electron chi connectivity index (χ1n) is 6.19. The summed E-state index contributed by atoms with van der Waals surface area (Å²) >= 11 is 0. The van der Waals surface area contributed by atoms with Gasteiger partial charge in [0.25, 0.3) is 0 Å². The summed E-state index contributed by atoms with van der Waals surface area (Å²) in [6.07, 6.45) is 0. The molecule has 5 nitrogen and oxygen atoms in total. The Morgan fingerprint density at radius 1 is 1.16 bits per heavy atom. The summed E-state index contributed by atoms with van der Waals surface area (Å²) in [5.74, 6) is -0.544. The molecule has 0 spiro atoms. The summed E-state index contributed by atoms with van der Waals surface area (Å²) in [7, 11) is -0.686. The summed E-state index contributed by atoms with van der Waals surface area (Å²) in [5.41, 5.74) is 11.6. The Morgan fingerprint density at radius 3 is 2.16 bits per heavy atom. The molecule has 1 aromatic carbocycles. The van der Waals surface area contributed by atoms with Crippen LogP contribution in [0.3, 0.4) is 0 Å². The van der Waals surface area contributed by atoms with E-state index in [-0.39, 0.29) is 0 Å². The molecule has 1 aromatic rings. The molecule has 1 fully saturated rings. The number of carbonyl (C=O) groups excluding carboxylic acids is 1. The van der Waals surface area contributed by atoms with Crippen molar-refractivity contribution in [3.63, 3.8) is 0 Å². The van der Waals surface area contributed by atoms with E-state index in [4.69, 9.17) is 20.8 Å². The smallest absolute Gasteiger partial charge is 0.399 e. The molecule has 1 amide bonds. The summed E-state index contributed by atoms with van der Waals surface area (Å²) in [5, 5.41) is 0. The monoisotopic (exact) mass is 262 g/mol. The van der Waals surface area contributed by atoms with Crippen LogP contribution in [0.4, 0.5) is 5.69 Å². The zero-order valence-corrected chi connectivity index (χ0v) is 11.7. The van der Waals surface area contributed by atoms with E-state index < -0.39 is 24.2 Å². The third-order valence-electron chi connectivity index (χ3n) is 3.89. The molecule has 0 unspecified atom stereocenters. The van der Waals surface area contributed by atoms with Gasteiger partial charge in [-0.2, -0.15) is 0 Å². The quantitative estimate of drug-likeness (QED) is 0.605. The summed E-state index contributed by atoms with van der Waals surface area (Å²) in [6.45, 7) is 7.76. The van der Waals surface area contributed by atoms with Crippen molar-refractivity contribution < 1.29 is 14.1 Å². The number of benzene rings is 1. The van der Waals surface area contributed by atoms with E-state index in [0.717, 1.165) is 0 Å². The Balaban J connectivity index is 2.48. The molecule has 0 atom stereocenters. The van der Waals surface area contributed by atoms with Crippen molar-refractivity contribution in [3.8, 4) is 0 Å². The highest BCUT2D eigenvalue weighted by molar-refractivity contribution is 6.65. The third-order valence-corrected chi connectivity index (χ3v) is 3.89. The largest absolute Gasteiger partial charge is 0.497 e. The second-order valence-corrected chi connectivity index (χ2v) is 5.76. The normalized spacial score (nSPS) is 20.5. The van der Waals surface area contributed by atoms with E-state index in [2.05, 4.69) is 0 Å². The van der Waals surface area contributed by atoms with Gasteiger partial charge in [0.15, 0.2) is 0 Å². The Morgan fingerprint density at radius 2 is 1.68 bits per heavy atom. The number of hydrogen-bond acceptors (Lipinski definition) is 4. The number of anilines is 1. The van der Waals surface area contributed by atoms with Gasteiger partial charge >= 0.3 is 7.12 Å². The van der Waals surface area contributed by atoms with Gasteiger partial charge in [-0.05, 0) is 39.8 Å². The van der Waals surface area contributed by atoms with Crippen LogP contribution in [-0.4, -0.2) is 24.2 Å². The van der Waals surface area contributed by atoms with Gasteiger partial charge in [-0.15, -0.1) is 0 Å². The van der Waals surface area contributed by atoms with Crippen LogP contribution in [0.2, 0.25) is 0 Å². The molecule has 0 bridgehead atoms. The number of primary amides is 1. The zero-order valence-electron chi connectivity index (χ0n) is 11.7. The van der Waals surface area contributed by atoms with Crippen molar-refractivity contribution >= 4 is 24.2 Å². The number of nitrogens with two attached hydrogens (primary N) is 2. The number of nitrogen functional groups attached to an aromatic ring is 1. The van der Waals surface area contributed by atoms with Crippen molar-refractivity contribution in [1.29, 1.82) is 0 Å². The van der Waals surface area contributed by atoms with Crippen LogP contribution in [-0.2, 0) is 9.31 Å². The molecule has 0 radical (unpaired) electrons. The molecule has 0 aliphatic carbocycles. The lowest BCUT2D eigenvalue weighted by Crippen LogP contribution is -2.41. The lowest BCUT2D eigenvalue weighted by atomic mass is 9.74. The van der Waals surface area contributed by atoms with Crippen LogP contribution in [0.1, 0.15) is 38.1 Å². The van der Waals surface area contributed by atoms with Gasteiger partial charge < -0.3 is 20.8 Å². The number of amides is 1. The van der Waals surface area contributed by atoms with E-state index in [1.54, 1.807) is 18.2 Å². The van der Waals surface area contributed by atoms with E-state index in [1.807, 2.05) is 27.7 Å². The molecule has 6 heteroatoms. The number of rotatable bonds is 2. The fourth-order valence-electron chi connectivity index (χ4n) is 2.02. The average Bonchev–Trinajstić information content (AvgIpc) is 2.47. The molecular formula is C13H19BN2O3. The Hall–Kier alpha value is -1.53. The summed E-state index contributed by atoms with van der Waals surface area (Å²) in [6, 6.07) is 5.01. The van der Waals surface area contributed by atoms with Gasteiger partial charge in [-0.3, -0.25) is 4.79 Å². The van der Waals surface area contributed by atoms with E-state index in [0.29, 0.717) is 16.7 Å². The Bertz CT molecular complexity index is 513. The van der Waals surface area contributed by atoms with Crippen molar-refractivity contribution in [2.75, 3.05) is 5.73 Å². The maximum atomic E-state index is 11.5. The minimum absolute atomic E-state index is 0.332. The minimum Gasteiger partial charge on any atom is -0.399 e. The second kappa shape index (κ2) is 4.25. The van der Waals surface area contributed by atoms with Crippen LogP contribution in [0.25, 0.3) is 0 Å². The highest BCUT2D eigenvalue weighted by Gasteiger charge is 2.52. The second-order valence-electron chi connectivity index (χ2n) is 5.76. The zero-order chi connectivity index (χ0) is 14.4. The third kappa shape index (κ3) is 2.22. The molecule has 19 heavy (non-hydrogen) atoms. The van der Waals surface area contributed by atoms with Crippen molar-refractivity contribution in [2.45, 2.75) is 38.9 Å². The lowest BCUT2D eigenvalue weighted by Gasteiger charge is -2.32. The fraction of sp³-hybridized carbons (Fsp3) is 0.462. The standard InChI is InChI=1S/C13H19BN2O3/c1-12(2)13(3,4)19-14(18-12)10-8(11(16)17)6-5-7-9(10)15/h5-7H,15H2,1-4H3,(H2,16,17). The molecule has 1 heterocycles. The summed E-state index contributed by atoms with van der Waals surface area (Å²) < 4.78 is 11.8. The first kappa shape index (κ1) is 13.9. The van der Waals surface area contributed by atoms with Crippen LogP contribution in [0, 0.1) is 0 Å². The van der Waals surface area contributed by atoms with Crippen LogP contribution in [0.15, 0.2) is 18.2 Å². The summed E-state index contributed by atoms with van der Waals surface area (Å²) in [4.78, 5) is 11.5. The molecular weight excluding hydrogens is 243 g/mol. The van der Waals surface area contributed by atoms with Gasteiger partial charge in [0.2, 0.25) is 5.91 Å². The Labute approximate surface area is 113 Å². The van der Waals surface area contributed by atoms with Crippen molar-refractivity contribution in [3.05, 3.63) is 23.8 Å². The fourth-order valence-corrected chi connectivity index (χ4v) is 2.02. The molecule has 4 N–H and O–H groups in total. The number of carbonyl (C=O) groups is 1. The Kier molecular flexibility index (Phi) is 3.11. The molecule has 0 aromatic heterocycles. The van der Waals surface area contributed by atoms with Crippen molar-refractivity contribution in [2.24, 2.45) is 5.73 Å². The predicted octanol–water partition coefficient (Wildman–Crippen LogP) is 0.667. The number of hydrogen-bond donors (Lipinski definition) is 2.